The monoisotopic (exact) mass is 253 g/mol. The third-order valence-electron chi connectivity index (χ3n) is 3.22. The van der Waals surface area contributed by atoms with Crippen molar-refractivity contribution in [2.24, 2.45) is 0 Å². The standard InChI is InChI=1S/C11H15N3O2S/c15-8-3-1-2-7-10(8)17-11(13-7)14-5-4-12-9(16)6-14/h8,15H,1-6H2,(H,12,16). The van der Waals surface area contributed by atoms with Crippen LogP contribution in [0.4, 0.5) is 5.13 Å². The second-order valence-corrected chi connectivity index (χ2v) is 5.50. The van der Waals surface area contributed by atoms with Crippen molar-refractivity contribution in [1.82, 2.24) is 10.3 Å². The zero-order valence-corrected chi connectivity index (χ0v) is 10.3. The minimum Gasteiger partial charge on any atom is -0.388 e. The number of hydrogen-bond acceptors (Lipinski definition) is 5. The van der Waals surface area contributed by atoms with Gasteiger partial charge in [-0.05, 0) is 19.3 Å². The molecule has 0 bridgehead atoms. The summed E-state index contributed by atoms with van der Waals surface area (Å²) in [5, 5.41) is 13.6. The number of piperazine rings is 1. The number of fused-ring (bicyclic) bond motifs is 1. The van der Waals surface area contributed by atoms with E-state index < -0.39 is 0 Å². The Kier molecular flexibility index (Phi) is 2.76. The third kappa shape index (κ3) is 2.02. The van der Waals surface area contributed by atoms with E-state index in [1.807, 2.05) is 4.90 Å². The number of amides is 1. The third-order valence-corrected chi connectivity index (χ3v) is 4.48. The molecule has 1 saturated heterocycles. The lowest BCUT2D eigenvalue weighted by molar-refractivity contribution is -0.120. The topological polar surface area (TPSA) is 65.5 Å². The van der Waals surface area contributed by atoms with Gasteiger partial charge in [0.2, 0.25) is 5.91 Å². The van der Waals surface area contributed by atoms with Gasteiger partial charge in [-0.25, -0.2) is 4.98 Å². The number of anilines is 1. The number of aliphatic hydroxyl groups is 1. The number of aliphatic hydroxyl groups excluding tert-OH is 1. The molecule has 17 heavy (non-hydrogen) atoms. The van der Waals surface area contributed by atoms with Crippen LogP contribution < -0.4 is 10.2 Å². The number of carbonyl (C=O) groups excluding carboxylic acids is 1. The number of nitrogens with zero attached hydrogens (tertiary/aromatic N) is 2. The van der Waals surface area contributed by atoms with E-state index in [-0.39, 0.29) is 12.0 Å². The van der Waals surface area contributed by atoms with E-state index >= 15 is 0 Å². The zero-order valence-electron chi connectivity index (χ0n) is 9.48. The predicted molar refractivity (Wildman–Crippen MR) is 65.2 cm³/mol. The van der Waals surface area contributed by atoms with Gasteiger partial charge in [0.15, 0.2) is 5.13 Å². The van der Waals surface area contributed by atoms with Crippen LogP contribution in [0.3, 0.4) is 0 Å². The van der Waals surface area contributed by atoms with Crippen LogP contribution in [0.15, 0.2) is 0 Å². The van der Waals surface area contributed by atoms with Gasteiger partial charge in [0.1, 0.15) is 0 Å². The highest BCUT2D eigenvalue weighted by Gasteiger charge is 2.26. The molecular weight excluding hydrogens is 238 g/mol. The van der Waals surface area contributed by atoms with Crippen LogP contribution in [-0.4, -0.2) is 35.6 Å². The molecule has 2 heterocycles. The van der Waals surface area contributed by atoms with E-state index in [1.165, 1.54) is 11.3 Å². The second-order valence-electron chi connectivity index (χ2n) is 4.49. The predicted octanol–water partition coefficient (Wildman–Crippen LogP) is 0.449. The van der Waals surface area contributed by atoms with Crippen molar-refractivity contribution in [2.45, 2.75) is 25.4 Å². The average molecular weight is 253 g/mol. The first-order chi connectivity index (χ1) is 8.24. The van der Waals surface area contributed by atoms with Gasteiger partial charge >= 0.3 is 0 Å². The number of nitrogens with one attached hydrogen (secondary N) is 1. The van der Waals surface area contributed by atoms with Gasteiger partial charge in [0.25, 0.3) is 0 Å². The van der Waals surface area contributed by atoms with Crippen molar-refractivity contribution in [3.8, 4) is 0 Å². The summed E-state index contributed by atoms with van der Waals surface area (Å²) in [7, 11) is 0. The quantitative estimate of drug-likeness (QED) is 0.762. The van der Waals surface area contributed by atoms with Crippen LogP contribution in [0, 0.1) is 0 Å². The molecule has 0 spiro atoms. The summed E-state index contributed by atoms with van der Waals surface area (Å²) in [6.07, 6.45) is 2.42. The van der Waals surface area contributed by atoms with Crippen molar-refractivity contribution in [3.05, 3.63) is 10.6 Å². The summed E-state index contributed by atoms with van der Waals surface area (Å²) in [6, 6.07) is 0. The van der Waals surface area contributed by atoms with Gasteiger partial charge in [0, 0.05) is 13.1 Å². The molecule has 6 heteroatoms. The zero-order chi connectivity index (χ0) is 11.8. The van der Waals surface area contributed by atoms with Crippen LogP contribution in [-0.2, 0) is 11.2 Å². The van der Waals surface area contributed by atoms with Crippen molar-refractivity contribution in [1.29, 1.82) is 0 Å². The van der Waals surface area contributed by atoms with E-state index in [1.54, 1.807) is 0 Å². The summed E-state index contributed by atoms with van der Waals surface area (Å²) < 4.78 is 0. The average Bonchev–Trinajstić information content (AvgIpc) is 2.74. The first kappa shape index (κ1) is 11.0. The molecule has 0 aromatic carbocycles. The first-order valence-corrected chi connectivity index (χ1v) is 6.75. The Morgan fingerprint density at radius 1 is 1.53 bits per heavy atom. The van der Waals surface area contributed by atoms with Gasteiger partial charge in [-0.3, -0.25) is 4.79 Å². The van der Waals surface area contributed by atoms with E-state index in [4.69, 9.17) is 0 Å². The maximum absolute atomic E-state index is 11.3. The van der Waals surface area contributed by atoms with Crippen molar-refractivity contribution >= 4 is 22.4 Å². The Labute approximate surface area is 103 Å². The van der Waals surface area contributed by atoms with Gasteiger partial charge < -0.3 is 15.3 Å². The molecule has 92 valence electrons. The van der Waals surface area contributed by atoms with Crippen LogP contribution in [0.2, 0.25) is 0 Å². The molecule has 5 nitrogen and oxygen atoms in total. The molecule has 2 N–H and O–H groups in total. The number of hydrogen-bond donors (Lipinski definition) is 2. The number of aryl methyl sites for hydroxylation is 1. The number of aromatic nitrogens is 1. The number of thiazole rings is 1. The van der Waals surface area contributed by atoms with E-state index in [0.29, 0.717) is 13.1 Å². The molecule has 3 rings (SSSR count). The Hall–Kier alpha value is -1.14. The Balaban J connectivity index is 1.86. The minimum atomic E-state index is -0.358. The Morgan fingerprint density at radius 2 is 2.41 bits per heavy atom. The van der Waals surface area contributed by atoms with E-state index in [0.717, 1.165) is 41.5 Å². The fourth-order valence-corrected chi connectivity index (χ4v) is 3.48. The lowest BCUT2D eigenvalue weighted by Crippen LogP contribution is -2.47. The molecule has 1 unspecified atom stereocenters. The summed E-state index contributed by atoms with van der Waals surface area (Å²) in [5.74, 6) is 0.0463. The van der Waals surface area contributed by atoms with Crippen LogP contribution in [0.25, 0.3) is 0 Å². The van der Waals surface area contributed by atoms with E-state index in [2.05, 4.69) is 10.3 Å². The van der Waals surface area contributed by atoms with Crippen molar-refractivity contribution < 1.29 is 9.90 Å². The lowest BCUT2D eigenvalue weighted by Gasteiger charge is -2.25. The van der Waals surface area contributed by atoms with Gasteiger partial charge in [0.05, 0.1) is 23.2 Å². The molecule has 1 fully saturated rings. The van der Waals surface area contributed by atoms with Crippen LogP contribution >= 0.6 is 11.3 Å². The minimum absolute atomic E-state index is 0.0463. The molecule has 1 atom stereocenters. The molecule has 1 aliphatic carbocycles. The highest BCUT2D eigenvalue weighted by atomic mass is 32.1. The fraction of sp³-hybridized carbons (Fsp3) is 0.636. The molecule has 1 aromatic rings. The normalized spacial score (nSPS) is 24.4. The Morgan fingerprint density at radius 3 is 3.18 bits per heavy atom. The highest BCUT2D eigenvalue weighted by molar-refractivity contribution is 7.15. The van der Waals surface area contributed by atoms with E-state index in [9.17, 15) is 9.90 Å². The maximum Gasteiger partial charge on any atom is 0.239 e. The van der Waals surface area contributed by atoms with Crippen LogP contribution in [0.1, 0.15) is 29.5 Å². The SMILES string of the molecule is O=C1CN(c2nc3c(s2)C(O)CCC3)CCN1. The van der Waals surface area contributed by atoms with Gasteiger partial charge in [-0.15, -0.1) is 0 Å². The molecule has 2 aliphatic rings. The molecule has 0 saturated carbocycles. The summed E-state index contributed by atoms with van der Waals surface area (Å²) in [5.41, 5.74) is 1.02. The molecule has 0 radical (unpaired) electrons. The highest BCUT2D eigenvalue weighted by Crippen LogP contribution is 2.37. The van der Waals surface area contributed by atoms with Crippen molar-refractivity contribution in [3.63, 3.8) is 0 Å². The molecule has 1 aliphatic heterocycles. The molecule has 1 amide bonds. The molecular formula is C11H15N3O2S. The maximum atomic E-state index is 11.3. The van der Waals surface area contributed by atoms with Crippen LogP contribution in [0.5, 0.6) is 0 Å². The van der Waals surface area contributed by atoms with Gasteiger partial charge in [-0.2, -0.15) is 0 Å². The first-order valence-electron chi connectivity index (χ1n) is 5.93. The molecule has 1 aromatic heterocycles. The Bertz CT molecular complexity index is 446. The number of rotatable bonds is 1. The second kappa shape index (κ2) is 4.27. The van der Waals surface area contributed by atoms with Gasteiger partial charge in [-0.1, -0.05) is 11.3 Å². The largest absolute Gasteiger partial charge is 0.388 e. The van der Waals surface area contributed by atoms with Crippen molar-refractivity contribution in [2.75, 3.05) is 24.5 Å². The lowest BCUT2D eigenvalue weighted by atomic mass is 10.0. The smallest absolute Gasteiger partial charge is 0.239 e. The fourth-order valence-electron chi connectivity index (χ4n) is 2.32. The summed E-state index contributed by atoms with van der Waals surface area (Å²) >= 11 is 1.54. The summed E-state index contributed by atoms with van der Waals surface area (Å²) in [6.45, 7) is 1.85. The summed E-state index contributed by atoms with van der Waals surface area (Å²) in [4.78, 5) is 18.9. The number of carbonyl (C=O) groups is 1.